The van der Waals surface area contributed by atoms with Gasteiger partial charge in [-0.15, -0.1) is 0 Å². The molecule has 1 aliphatic carbocycles. The molecule has 0 bridgehead atoms. The van der Waals surface area contributed by atoms with Crippen LogP contribution in [-0.2, 0) is 6.61 Å². The fraction of sp³-hybridized carbons (Fsp3) is 0.143. The predicted molar refractivity (Wildman–Crippen MR) is 96.5 cm³/mol. The molecular formula is C21H18N2O. The van der Waals surface area contributed by atoms with Gasteiger partial charge in [0.05, 0.1) is 24.0 Å². The highest BCUT2D eigenvalue weighted by atomic mass is 16.3. The molecule has 0 aliphatic heterocycles. The molecule has 4 rings (SSSR count). The molecule has 1 atom stereocenters. The summed E-state index contributed by atoms with van der Waals surface area (Å²) in [5.41, 5.74) is 5.09. The summed E-state index contributed by atoms with van der Waals surface area (Å²) < 4.78 is 0. The third-order valence-electron chi connectivity index (χ3n) is 4.44. The lowest BCUT2D eigenvalue weighted by Gasteiger charge is -2.18. The van der Waals surface area contributed by atoms with Crippen molar-refractivity contribution in [2.45, 2.75) is 18.9 Å². The Labute approximate surface area is 141 Å². The number of aliphatic hydroxyl groups excluding tert-OH is 1. The Hall–Kier alpha value is -2.78. The molecule has 0 saturated carbocycles. The van der Waals surface area contributed by atoms with Crippen molar-refractivity contribution in [3.63, 3.8) is 0 Å². The number of aromatic nitrogens is 2. The molecule has 0 fully saturated rings. The standard InChI is InChI=1S/C21H18N2O/c24-14-15-6-8-17(9-7-15)21-19(16-4-2-1-3-5-16)12-18-10-11-22-13-20(18)23-21/h1-4,6-13,16,24H,5,14H2. The predicted octanol–water partition coefficient (Wildman–Crippen LogP) is 4.39. The molecule has 1 unspecified atom stereocenters. The Bertz CT molecular complexity index is 926. The zero-order valence-electron chi connectivity index (χ0n) is 13.3. The lowest BCUT2D eigenvalue weighted by atomic mass is 9.88. The molecule has 0 amide bonds. The average Bonchev–Trinajstić information content (AvgIpc) is 2.68. The lowest BCUT2D eigenvalue weighted by molar-refractivity contribution is 0.282. The van der Waals surface area contributed by atoms with Gasteiger partial charge in [0.2, 0.25) is 0 Å². The summed E-state index contributed by atoms with van der Waals surface area (Å²) in [6.45, 7) is 0.0539. The topological polar surface area (TPSA) is 46.0 Å². The largest absolute Gasteiger partial charge is 0.392 e. The van der Waals surface area contributed by atoms with Crippen LogP contribution in [0.1, 0.15) is 23.5 Å². The fourth-order valence-electron chi connectivity index (χ4n) is 3.13. The maximum Gasteiger partial charge on any atom is 0.0892 e. The summed E-state index contributed by atoms with van der Waals surface area (Å²) in [6, 6.07) is 12.2. The van der Waals surface area contributed by atoms with Crippen LogP contribution in [0, 0.1) is 0 Å². The number of hydrogen-bond acceptors (Lipinski definition) is 3. The first-order chi connectivity index (χ1) is 11.8. The van der Waals surface area contributed by atoms with E-state index in [-0.39, 0.29) is 6.61 Å². The summed E-state index contributed by atoms with van der Waals surface area (Å²) in [6.07, 6.45) is 13.2. The molecule has 24 heavy (non-hydrogen) atoms. The lowest BCUT2D eigenvalue weighted by Crippen LogP contribution is -2.02. The van der Waals surface area contributed by atoms with Gasteiger partial charge in [-0.05, 0) is 29.7 Å². The van der Waals surface area contributed by atoms with E-state index in [1.165, 1.54) is 5.56 Å². The van der Waals surface area contributed by atoms with Crippen molar-refractivity contribution in [2.24, 2.45) is 0 Å². The van der Waals surface area contributed by atoms with Gasteiger partial charge < -0.3 is 5.11 Å². The molecule has 0 radical (unpaired) electrons. The van der Waals surface area contributed by atoms with E-state index in [0.717, 1.165) is 34.1 Å². The molecule has 3 heteroatoms. The first-order valence-corrected chi connectivity index (χ1v) is 8.13. The van der Waals surface area contributed by atoms with Crippen molar-refractivity contribution in [1.29, 1.82) is 0 Å². The molecule has 1 N–H and O–H groups in total. The highest BCUT2D eigenvalue weighted by Crippen LogP contribution is 2.34. The number of benzene rings is 1. The van der Waals surface area contributed by atoms with E-state index in [1.807, 2.05) is 30.3 Å². The molecule has 118 valence electrons. The fourth-order valence-corrected chi connectivity index (χ4v) is 3.13. The van der Waals surface area contributed by atoms with E-state index in [9.17, 15) is 5.11 Å². The van der Waals surface area contributed by atoms with Crippen molar-refractivity contribution in [3.8, 4) is 11.3 Å². The van der Waals surface area contributed by atoms with Gasteiger partial charge in [-0.2, -0.15) is 0 Å². The van der Waals surface area contributed by atoms with E-state index >= 15 is 0 Å². The Morgan fingerprint density at radius 1 is 1.08 bits per heavy atom. The Morgan fingerprint density at radius 2 is 1.96 bits per heavy atom. The number of nitrogens with zero attached hydrogens (tertiary/aromatic N) is 2. The van der Waals surface area contributed by atoms with Gasteiger partial charge in [-0.1, -0.05) is 48.6 Å². The van der Waals surface area contributed by atoms with Crippen LogP contribution in [0.15, 0.2) is 73.1 Å². The van der Waals surface area contributed by atoms with Crippen molar-refractivity contribution in [1.82, 2.24) is 9.97 Å². The Balaban J connectivity index is 1.90. The highest BCUT2D eigenvalue weighted by molar-refractivity contribution is 5.83. The number of aliphatic hydroxyl groups is 1. The minimum Gasteiger partial charge on any atom is -0.392 e. The molecular weight excluding hydrogens is 296 g/mol. The van der Waals surface area contributed by atoms with Crippen LogP contribution in [-0.4, -0.2) is 15.1 Å². The molecule has 2 aromatic heterocycles. The van der Waals surface area contributed by atoms with E-state index in [0.29, 0.717) is 5.92 Å². The third-order valence-corrected chi connectivity index (χ3v) is 4.44. The van der Waals surface area contributed by atoms with E-state index < -0.39 is 0 Å². The van der Waals surface area contributed by atoms with E-state index in [1.54, 1.807) is 12.4 Å². The first-order valence-electron chi connectivity index (χ1n) is 8.13. The van der Waals surface area contributed by atoms with E-state index in [4.69, 9.17) is 4.98 Å². The van der Waals surface area contributed by atoms with Crippen LogP contribution in [0.3, 0.4) is 0 Å². The number of hydrogen-bond donors (Lipinski definition) is 1. The minimum absolute atomic E-state index is 0.0539. The van der Waals surface area contributed by atoms with Crippen molar-refractivity contribution >= 4 is 10.9 Å². The second-order valence-electron chi connectivity index (χ2n) is 6.00. The summed E-state index contributed by atoms with van der Waals surface area (Å²) in [5, 5.41) is 10.4. The summed E-state index contributed by atoms with van der Waals surface area (Å²) >= 11 is 0. The molecule has 1 aliphatic rings. The Kier molecular flexibility index (Phi) is 3.93. The molecule has 1 aromatic carbocycles. The van der Waals surface area contributed by atoms with Gasteiger partial charge in [-0.25, -0.2) is 4.98 Å². The SMILES string of the molecule is OCc1ccc(-c2nc3cnccc3cc2C2C=CC=CC2)cc1. The molecule has 3 aromatic rings. The van der Waals surface area contributed by atoms with Crippen LogP contribution in [0.25, 0.3) is 22.2 Å². The number of fused-ring (bicyclic) bond motifs is 1. The van der Waals surface area contributed by atoms with Crippen LogP contribution in [0.2, 0.25) is 0 Å². The van der Waals surface area contributed by atoms with Crippen LogP contribution in [0.4, 0.5) is 0 Å². The normalized spacial score (nSPS) is 16.6. The van der Waals surface area contributed by atoms with Crippen LogP contribution < -0.4 is 0 Å². The first kappa shape index (κ1) is 14.8. The zero-order valence-corrected chi connectivity index (χ0v) is 13.3. The van der Waals surface area contributed by atoms with Crippen LogP contribution >= 0.6 is 0 Å². The molecule has 2 heterocycles. The van der Waals surface area contributed by atoms with Crippen molar-refractivity contribution in [3.05, 3.63) is 84.2 Å². The molecule has 0 spiro atoms. The summed E-state index contributed by atoms with van der Waals surface area (Å²) in [4.78, 5) is 9.09. The second kappa shape index (κ2) is 6.38. The maximum atomic E-state index is 9.26. The van der Waals surface area contributed by atoms with E-state index in [2.05, 4.69) is 35.4 Å². The van der Waals surface area contributed by atoms with Gasteiger partial charge >= 0.3 is 0 Å². The van der Waals surface area contributed by atoms with Crippen LogP contribution in [0.5, 0.6) is 0 Å². The van der Waals surface area contributed by atoms with Gasteiger partial charge in [0, 0.05) is 23.1 Å². The molecule has 0 saturated heterocycles. The maximum absolute atomic E-state index is 9.26. The number of allylic oxidation sites excluding steroid dienone is 4. The second-order valence-corrected chi connectivity index (χ2v) is 6.00. The smallest absolute Gasteiger partial charge is 0.0892 e. The highest BCUT2D eigenvalue weighted by Gasteiger charge is 2.17. The summed E-state index contributed by atoms with van der Waals surface area (Å²) in [7, 11) is 0. The van der Waals surface area contributed by atoms with Gasteiger partial charge in [0.25, 0.3) is 0 Å². The van der Waals surface area contributed by atoms with Crippen molar-refractivity contribution < 1.29 is 5.11 Å². The zero-order chi connectivity index (χ0) is 16.4. The van der Waals surface area contributed by atoms with Gasteiger partial charge in [0.15, 0.2) is 0 Å². The monoisotopic (exact) mass is 314 g/mol. The summed E-state index contributed by atoms with van der Waals surface area (Å²) in [5.74, 6) is 0.326. The van der Waals surface area contributed by atoms with Gasteiger partial charge in [-0.3, -0.25) is 4.98 Å². The minimum atomic E-state index is 0.0539. The average molecular weight is 314 g/mol. The van der Waals surface area contributed by atoms with Crippen molar-refractivity contribution in [2.75, 3.05) is 0 Å². The molecule has 3 nitrogen and oxygen atoms in total. The number of rotatable bonds is 3. The number of pyridine rings is 2. The third kappa shape index (κ3) is 2.74. The quantitative estimate of drug-likeness (QED) is 0.780. The van der Waals surface area contributed by atoms with Gasteiger partial charge in [0.1, 0.15) is 0 Å². The Morgan fingerprint density at radius 3 is 2.71 bits per heavy atom.